The Morgan fingerprint density at radius 2 is 1.63 bits per heavy atom. The lowest BCUT2D eigenvalue weighted by atomic mass is 9.99. The molecule has 3 aliphatic rings. The predicted molar refractivity (Wildman–Crippen MR) is 124 cm³/mol. The van der Waals surface area contributed by atoms with Crippen molar-refractivity contribution in [1.29, 1.82) is 0 Å². The highest BCUT2D eigenvalue weighted by Crippen LogP contribution is 2.27. The van der Waals surface area contributed by atoms with Crippen molar-refractivity contribution in [2.24, 2.45) is 0 Å². The first-order chi connectivity index (χ1) is 11.9. The molecule has 0 N–H and O–H groups in total. The second-order valence-electron chi connectivity index (χ2n) is 7.91. The van der Waals surface area contributed by atoms with E-state index in [1.54, 1.807) is 5.56 Å². The lowest BCUT2D eigenvalue weighted by Crippen LogP contribution is -2.54. The van der Waals surface area contributed by atoms with E-state index in [9.17, 15) is 0 Å². The average Bonchev–Trinajstić information content (AvgIpc) is 2.65. The zero-order chi connectivity index (χ0) is 16.2. The summed E-state index contributed by atoms with van der Waals surface area (Å²) >= 11 is 0. The Hall–Kier alpha value is -0.190. The van der Waals surface area contributed by atoms with Crippen molar-refractivity contribution in [3.05, 3.63) is 29.8 Å². The summed E-state index contributed by atoms with van der Waals surface area (Å²) in [5.41, 5.74) is 3.05. The number of anilines is 1. The third kappa shape index (κ3) is 6.40. The van der Waals surface area contributed by atoms with Crippen LogP contribution in [0.5, 0.6) is 0 Å². The number of piperidine rings is 1. The number of aryl methyl sites for hydroxylation is 1. The first-order valence-electron chi connectivity index (χ1n) is 10.2. The number of para-hydroxylation sites is 1. The molecule has 4 rings (SSSR count). The van der Waals surface area contributed by atoms with Crippen molar-refractivity contribution < 1.29 is 0 Å². The van der Waals surface area contributed by atoms with Crippen LogP contribution < -0.4 is 4.90 Å². The summed E-state index contributed by atoms with van der Waals surface area (Å²) in [5, 5.41) is 0. The van der Waals surface area contributed by atoms with Gasteiger partial charge >= 0.3 is 0 Å². The van der Waals surface area contributed by atoms with Crippen LogP contribution in [0.15, 0.2) is 24.3 Å². The highest BCUT2D eigenvalue weighted by molar-refractivity contribution is 5.86. The molecule has 0 aromatic heterocycles. The van der Waals surface area contributed by atoms with E-state index in [1.165, 1.54) is 96.4 Å². The molecule has 0 saturated carbocycles. The van der Waals surface area contributed by atoms with Crippen molar-refractivity contribution in [3.8, 4) is 0 Å². The van der Waals surface area contributed by atoms with E-state index in [4.69, 9.17) is 0 Å². The Bertz CT molecular complexity index is 543. The molecule has 156 valence electrons. The number of hydrogen-bond acceptors (Lipinski definition) is 3. The van der Waals surface area contributed by atoms with Crippen LogP contribution in [0.2, 0.25) is 0 Å². The maximum atomic E-state index is 2.74. The van der Waals surface area contributed by atoms with Gasteiger partial charge in [0, 0.05) is 44.5 Å². The van der Waals surface area contributed by atoms with E-state index in [-0.39, 0.29) is 37.2 Å². The lowest BCUT2D eigenvalue weighted by Gasteiger charge is -2.44. The van der Waals surface area contributed by atoms with Gasteiger partial charge in [0.15, 0.2) is 0 Å². The molecular weight excluding hydrogens is 401 g/mol. The molecule has 1 aromatic carbocycles. The Kier molecular flexibility index (Phi) is 11.4. The second kappa shape index (κ2) is 12.4. The van der Waals surface area contributed by atoms with Crippen molar-refractivity contribution >= 4 is 42.9 Å². The monoisotopic (exact) mass is 435 g/mol. The van der Waals surface area contributed by atoms with E-state index in [1.807, 2.05) is 0 Å². The summed E-state index contributed by atoms with van der Waals surface area (Å²) in [6.45, 7) is 9.07. The standard InChI is InChI=1S/C21H33N3.3ClH/c1-2-11-21-19(8-1)9-7-15-24(21)14-6-5-12-22-16-17-23-13-4-3-10-20(23)18-22;;;/h1-2,8,11,20H,3-7,9-10,12-18H2;3*1H. The molecule has 3 nitrogen and oxygen atoms in total. The van der Waals surface area contributed by atoms with Crippen LogP contribution in [0.1, 0.15) is 44.1 Å². The second-order valence-corrected chi connectivity index (χ2v) is 7.91. The Morgan fingerprint density at radius 3 is 2.52 bits per heavy atom. The highest BCUT2D eigenvalue weighted by atomic mass is 35.5. The average molecular weight is 437 g/mol. The summed E-state index contributed by atoms with van der Waals surface area (Å²) in [7, 11) is 0. The van der Waals surface area contributed by atoms with Gasteiger partial charge in [-0.1, -0.05) is 24.6 Å². The molecule has 0 spiro atoms. The van der Waals surface area contributed by atoms with Crippen LogP contribution >= 0.6 is 37.2 Å². The minimum absolute atomic E-state index is 0. The minimum Gasteiger partial charge on any atom is -0.371 e. The van der Waals surface area contributed by atoms with E-state index in [0.29, 0.717) is 0 Å². The molecule has 6 heteroatoms. The molecule has 27 heavy (non-hydrogen) atoms. The topological polar surface area (TPSA) is 9.72 Å². The largest absolute Gasteiger partial charge is 0.371 e. The zero-order valence-electron chi connectivity index (χ0n) is 16.4. The summed E-state index contributed by atoms with van der Waals surface area (Å²) in [6.07, 6.45) is 9.57. The summed E-state index contributed by atoms with van der Waals surface area (Å²) < 4.78 is 0. The molecule has 0 radical (unpaired) electrons. The number of benzene rings is 1. The quantitative estimate of drug-likeness (QED) is 0.622. The van der Waals surface area contributed by atoms with Crippen LogP contribution in [-0.2, 0) is 6.42 Å². The molecule has 1 unspecified atom stereocenters. The van der Waals surface area contributed by atoms with Crippen LogP contribution in [0.25, 0.3) is 0 Å². The lowest BCUT2D eigenvalue weighted by molar-refractivity contribution is 0.0488. The molecule has 0 bridgehead atoms. The smallest absolute Gasteiger partial charge is 0.0398 e. The van der Waals surface area contributed by atoms with Gasteiger partial charge in [0.25, 0.3) is 0 Å². The number of fused-ring (bicyclic) bond motifs is 2. The van der Waals surface area contributed by atoms with Crippen molar-refractivity contribution in [2.45, 2.75) is 51.0 Å². The number of rotatable bonds is 5. The summed E-state index contributed by atoms with van der Waals surface area (Å²) in [6, 6.07) is 9.87. The predicted octanol–water partition coefficient (Wildman–Crippen LogP) is 4.65. The SMILES string of the molecule is Cl.Cl.Cl.c1ccc2c(c1)CCCN2CCCCN1CCN2CCCCC2C1. The molecule has 2 fully saturated rings. The van der Waals surface area contributed by atoms with Crippen LogP contribution in [0.4, 0.5) is 5.69 Å². The van der Waals surface area contributed by atoms with Crippen LogP contribution in [0.3, 0.4) is 0 Å². The zero-order valence-corrected chi connectivity index (χ0v) is 18.8. The van der Waals surface area contributed by atoms with E-state index in [0.717, 1.165) is 6.04 Å². The maximum absolute atomic E-state index is 2.74. The minimum atomic E-state index is 0. The van der Waals surface area contributed by atoms with Gasteiger partial charge in [-0.3, -0.25) is 4.90 Å². The summed E-state index contributed by atoms with van der Waals surface area (Å²) in [4.78, 5) is 8.10. The van der Waals surface area contributed by atoms with E-state index in [2.05, 4.69) is 39.0 Å². The van der Waals surface area contributed by atoms with Gasteiger partial charge in [-0.15, -0.1) is 37.2 Å². The Balaban J connectivity index is 0.00000121. The molecule has 1 aromatic rings. The molecule has 0 amide bonds. The Labute approximate surface area is 184 Å². The molecule has 0 aliphatic carbocycles. The van der Waals surface area contributed by atoms with Gasteiger partial charge in [-0.05, 0) is 63.2 Å². The molecule has 3 aliphatic heterocycles. The van der Waals surface area contributed by atoms with E-state index >= 15 is 0 Å². The van der Waals surface area contributed by atoms with Crippen molar-refractivity contribution in [1.82, 2.24) is 9.80 Å². The molecule has 2 saturated heterocycles. The van der Waals surface area contributed by atoms with Gasteiger partial charge < -0.3 is 9.80 Å². The number of halogens is 3. The van der Waals surface area contributed by atoms with Gasteiger partial charge in [0.05, 0.1) is 0 Å². The van der Waals surface area contributed by atoms with Gasteiger partial charge in [0.2, 0.25) is 0 Å². The molecular formula is C21H36Cl3N3. The van der Waals surface area contributed by atoms with Crippen molar-refractivity contribution in [2.75, 3.05) is 50.7 Å². The fraction of sp³-hybridized carbons (Fsp3) is 0.714. The molecule has 3 heterocycles. The van der Waals surface area contributed by atoms with Crippen LogP contribution in [-0.4, -0.2) is 61.7 Å². The highest BCUT2D eigenvalue weighted by Gasteiger charge is 2.28. The number of nitrogens with zero attached hydrogens (tertiary/aromatic N) is 3. The van der Waals surface area contributed by atoms with E-state index < -0.39 is 0 Å². The van der Waals surface area contributed by atoms with Crippen LogP contribution in [0, 0.1) is 0 Å². The first-order valence-corrected chi connectivity index (χ1v) is 10.2. The molecule has 1 atom stereocenters. The number of unbranched alkanes of at least 4 members (excludes halogenated alkanes) is 1. The van der Waals surface area contributed by atoms with Crippen molar-refractivity contribution in [3.63, 3.8) is 0 Å². The summed E-state index contributed by atoms with van der Waals surface area (Å²) in [5.74, 6) is 0. The maximum Gasteiger partial charge on any atom is 0.0398 e. The third-order valence-corrected chi connectivity index (χ3v) is 6.28. The fourth-order valence-electron chi connectivity index (χ4n) is 4.91. The Morgan fingerprint density at radius 1 is 0.815 bits per heavy atom. The normalized spacial score (nSPS) is 22.5. The number of piperazine rings is 1. The van der Waals surface area contributed by atoms with Gasteiger partial charge in [0.1, 0.15) is 0 Å². The number of hydrogen-bond donors (Lipinski definition) is 0. The van der Waals surface area contributed by atoms with Gasteiger partial charge in [-0.25, -0.2) is 0 Å². The first kappa shape index (κ1) is 24.8. The third-order valence-electron chi connectivity index (χ3n) is 6.28. The fourth-order valence-corrected chi connectivity index (χ4v) is 4.91. The van der Waals surface area contributed by atoms with Gasteiger partial charge in [-0.2, -0.15) is 0 Å².